The van der Waals surface area contributed by atoms with Crippen LogP contribution in [0.3, 0.4) is 0 Å². The van der Waals surface area contributed by atoms with Crippen molar-refractivity contribution in [3.8, 4) is 0 Å². The molecule has 0 fully saturated rings. The van der Waals surface area contributed by atoms with Crippen molar-refractivity contribution < 1.29 is 9.90 Å². The highest BCUT2D eigenvalue weighted by atomic mass is 79.9. The van der Waals surface area contributed by atoms with Crippen molar-refractivity contribution in [2.45, 2.75) is 12.5 Å². The Morgan fingerprint density at radius 1 is 1.50 bits per heavy atom. The molecule has 2 N–H and O–H groups in total. The summed E-state index contributed by atoms with van der Waals surface area (Å²) in [4.78, 5) is 11.4. The zero-order valence-corrected chi connectivity index (χ0v) is 12.7. The monoisotopic (exact) mass is 337 g/mol. The maximum Gasteiger partial charge on any atom is 0.325 e. The highest BCUT2D eigenvalue weighted by Crippen LogP contribution is 2.23. The minimum atomic E-state index is -0.886. The Bertz CT molecular complexity index is 598. The number of carbonyl (C=O) groups is 1. The Hall–Kier alpha value is -1.66. The molecule has 106 valence electrons. The van der Waals surface area contributed by atoms with Crippen molar-refractivity contribution in [3.05, 3.63) is 52.3 Å². The molecule has 20 heavy (non-hydrogen) atoms. The molecule has 0 aliphatic carbocycles. The Balaban J connectivity index is 2.00. The second-order valence-electron chi connectivity index (χ2n) is 4.52. The van der Waals surface area contributed by atoms with Crippen LogP contribution < -0.4 is 5.32 Å². The van der Waals surface area contributed by atoms with Crippen LogP contribution in [0.2, 0.25) is 0 Å². The van der Waals surface area contributed by atoms with Gasteiger partial charge in [-0.1, -0.05) is 34.1 Å². The fraction of sp³-hybridized carbons (Fsp3) is 0.286. The minimum absolute atomic E-state index is 0.573. The van der Waals surface area contributed by atoms with Crippen molar-refractivity contribution >= 4 is 21.9 Å². The fourth-order valence-electron chi connectivity index (χ4n) is 2.00. The van der Waals surface area contributed by atoms with E-state index >= 15 is 0 Å². The highest BCUT2D eigenvalue weighted by molar-refractivity contribution is 9.10. The quantitative estimate of drug-likeness (QED) is 0.847. The number of hydrogen-bond acceptors (Lipinski definition) is 3. The SMILES string of the molecule is Cn1cc(CCNC(C(=O)O)c2ccccc2Br)cn1. The van der Waals surface area contributed by atoms with E-state index in [4.69, 9.17) is 0 Å². The van der Waals surface area contributed by atoms with Crippen LogP contribution in [-0.4, -0.2) is 27.4 Å². The molecule has 0 spiro atoms. The number of aryl methyl sites for hydroxylation is 1. The third-order valence-electron chi connectivity index (χ3n) is 2.98. The number of nitrogens with zero attached hydrogens (tertiary/aromatic N) is 2. The molecule has 1 atom stereocenters. The van der Waals surface area contributed by atoms with Crippen LogP contribution in [0, 0.1) is 0 Å². The van der Waals surface area contributed by atoms with Gasteiger partial charge in [0.1, 0.15) is 6.04 Å². The first-order valence-corrected chi connectivity index (χ1v) is 7.05. The third kappa shape index (κ3) is 3.68. The number of hydrogen-bond donors (Lipinski definition) is 2. The summed E-state index contributed by atoms with van der Waals surface area (Å²) in [6, 6.07) is 6.62. The second-order valence-corrected chi connectivity index (χ2v) is 5.37. The lowest BCUT2D eigenvalue weighted by molar-refractivity contribution is -0.139. The van der Waals surface area contributed by atoms with Crippen molar-refractivity contribution in [1.82, 2.24) is 15.1 Å². The number of nitrogens with one attached hydrogen (secondary N) is 1. The van der Waals surface area contributed by atoms with Gasteiger partial charge in [0.05, 0.1) is 6.20 Å². The second kappa shape index (κ2) is 6.67. The van der Waals surface area contributed by atoms with E-state index in [1.54, 1.807) is 16.9 Å². The molecule has 0 radical (unpaired) electrons. The summed E-state index contributed by atoms with van der Waals surface area (Å²) in [5, 5.41) is 16.5. The van der Waals surface area contributed by atoms with E-state index in [1.807, 2.05) is 31.4 Å². The van der Waals surface area contributed by atoms with Gasteiger partial charge in [0.2, 0.25) is 0 Å². The first-order valence-electron chi connectivity index (χ1n) is 6.26. The molecule has 1 aromatic heterocycles. The number of rotatable bonds is 6. The minimum Gasteiger partial charge on any atom is -0.480 e. The van der Waals surface area contributed by atoms with E-state index in [0.29, 0.717) is 6.54 Å². The van der Waals surface area contributed by atoms with Crippen LogP contribution in [0.1, 0.15) is 17.2 Å². The molecule has 2 rings (SSSR count). The standard InChI is InChI=1S/C14H16BrN3O2/c1-18-9-10(8-17-18)6-7-16-13(14(19)20)11-4-2-3-5-12(11)15/h2-5,8-9,13,16H,6-7H2,1H3,(H,19,20). The molecule has 1 heterocycles. The van der Waals surface area contributed by atoms with Crippen LogP contribution in [0.4, 0.5) is 0 Å². The predicted molar refractivity (Wildman–Crippen MR) is 79.4 cm³/mol. The zero-order valence-electron chi connectivity index (χ0n) is 11.1. The van der Waals surface area contributed by atoms with Gasteiger partial charge < -0.3 is 10.4 Å². The smallest absolute Gasteiger partial charge is 0.325 e. The molecule has 1 aromatic carbocycles. The van der Waals surface area contributed by atoms with Gasteiger partial charge in [-0.05, 0) is 23.6 Å². The third-order valence-corrected chi connectivity index (χ3v) is 3.71. The van der Waals surface area contributed by atoms with E-state index in [0.717, 1.165) is 22.0 Å². The maximum absolute atomic E-state index is 11.4. The average molecular weight is 338 g/mol. The summed E-state index contributed by atoms with van der Waals surface area (Å²) in [5.74, 6) is -0.886. The Labute approximate surface area is 125 Å². The Morgan fingerprint density at radius 3 is 2.85 bits per heavy atom. The summed E-state index contributed by atoms with van der Waals surface area (Å²) < 4.78 is 2.53. The summed E-state index contributed by atoms with van der Waals surface area (Å²) in [7, 11) is 1.86. The van der Waals surface area contributed by atoms with E-state index < -0.39 is 12.0 Å². The molecule has 0 amide bonds. The maximum atomic E-state index is 11.4. The van der Waals surface area contributed by atoms with Crippen molar-refractivity contribution in [1.29, 1.82) is 0 Å². The summed E-state index contributed by atoms with van der Waals surface area (Å²) in [6.45, 7) is 0.573. The zero-order chi connectivity index (χ0) is 14.5. The highest BCUT2D eigenvalue weighted by Gasteiger charge is 2.20. The lowest BCUT2D eigenvalue weighted by Crippen LogP contribution is -2.30. The molecule has 0 bridgehead atoms. The number of carboxylic acids is 1. The van der Waals surface area contributed by atoms with Gasteiger partial charge in [-0.3, -0.25) is 9.48 Å². The molecule has 0 aliphatic rings. The molecule has 5 nitrogen and oxygen atoms in total. The van der Waals surface area contributed by atoms with Gasteiger partial charge >= 0.3 is 5.97 Å². The van der Waals surface area contributed by atoms with Gasteiger partial charge in [-0.2, -0.15) is 5.10 Å². The fourth-order valence-corrected chi connectivity index (χ4v) is 2.52. The van der Waals surface area contributed by atoms with Crippen LogP contribution >= 0.6 is 15.9 Å². The van der Waals surface area contributed by atoms with Crippen LogP contribution in [-0.2, 0) is 18.3 Å². The van der Waals surface area contributed by atoms with Crippen LogP contribution in [0.15, 0.2) is 41.1 Å². The molecule has 0 aliphatic heterocycles. The molecule has 2 aromatic rings. The van der Waals surface area contributed by atoms with E-state index in [2.05, 4.69) is 26.3 Å². The number of carboxylic acid groups (broad SMARTS) is 1. The lowest BCUT2D eigenvalue weighted by atomic mass is 10.1. The summed E-state index contributed by atoms with van der Waals surface area (Å²) in [5.41, 5.74) is 1.81. The predicted octanol–water partition coefficient (Wildman–Crippen LogP) is 2.14. The average Bonchev–Trinajstić information content (AvgIpc) is 2.81. The summed E-state index contributed by atoms with van der Waals surface area (Å²) >= 11 is 3.39. The van der Waals surface area contributed by atoms with E-state index in [9.17, 15) is 9.90 Å². The molecular weight excluding hydrogens is 322 g/mol. The van der Waals surface area contributed by atoms with E-state index in [-0.39, 0.29) is 0 Å². The van der Waals surface area contributed by atoms with Gasteiger partial charge in [-0.15, -0.1) is 0 Å². The first-order chi connectivity index (χ1) is 9.58. The van der Waals surface area contributed by atoms with Gasteiger partial charge in [0, 0.05) is 24.3 Å². The topological polar surface area (TPSA) is 67.2 Å². The Morgan fingerprint density at radius 2 is 2.25 bits per heavy atom. The largest absolute Gasteiger partial charge is 0.480 e. The molecular formula is C14H16BrN3O2. The van der Waals surface area contributed by atoms with Crippen molar-refractivity contribution in [3.63, 3.8) is 0 Å². The molecule has 1 unspecified atom stereocenters. The van der Waals surface area contributed by atoms with E-state index in [1.165, 1.54) is 0 Å². The first kappa shape index (κ1) is 14.7. The molecule has 6 heteroatoms. The van der Waals surface area contributed by atoms with Crippen LogP contribution in [0.25, 0.3) is 0 Å². The van der Waals surface area contributed by atoms with Gasteiger partial charge in [0.25, 0.3) is 0 Å². The number of aliphatic carboxylic acids is 1. The number of benzene rings is 1. The number of aromatic nitrogens is 2. The van der Waals surface area contributed by atoms with Gasteiger partial charge in [0.15, 0.2) is 0 Å². The summed E-state index contributed by atoms with van der Waals surface area (Å²) in [6.07, 6.45) is 4.45. The lowest BCUT2D eigenvalue weighted by Gasteiger charge is -2.16. The number of halogens is 1. The molecule has 0 saturated carbocycles. The normalized spacial score (nSPS) is 12.3. The van der Waals surface area contributed by atoms with Crippen molar-refractivity contribution in [2.75, 3.05) is 6.54 Å². The Kier molecular flexibility index (Phi) is 4.92. The molecule has 0 saturated heterocycles. The van der Waals surface area contributed by atoms with Crippen molar-refractivity contribution in [2.24, 2.45) is 7.05 Å². The van der Waals surface area contributed by atoms with Crippen LogP contribution in [0.5, 0.6) is 0 Å². The van der Waals surface area contributed by atoms with Gasteiger partial charge in [-0.25, -0.2) is 0 Å².